The Morgan fingerprint density at radius 2 is 2.10 bits per heavy atom. The molecule has 1 aromatic carbocycles. The predicted octanol–water partition coefficient (Wildman–Crippen LogP) is 1.62. The second-order valence-electron chi connectivity index (χ2n) is 4.81. The number of nitrogens with one attached hydrogen (secondary N) is 1. The molecule has 0 aliphatic rings. The van der Waals surface area contributed by atoms with Crippen molar-refractivity contribution in [2.24, 2.45) is 7.05 Å². The van der Waals surface area contributed by atoms with E-state index in [1.54, 1.807) is 36.3 Å². The molecule has 0 aliphatic heterocycles. The van der Waals surface area contributed by atoms with E-state index in [1.165, 1.54) is 12.1 Å². The summed E-state index contributed by atoms with van der Waals surface area (Å²) in [5, 5.41) is 25.0. The second-order valence-corrected chi connectivity index (χ2v) is 4.81. The predicted molar refractivity (Wildman–Crippen MR) is 73.6 cm³/mol. The average molecular weight is 287 g/mol. The lowest BCUT2D eigenvalue weighted by Gasteiger charge is -2.09. The molecule has 2 heterocycles. The maximum absolute atomic E-state index is 13.0. The summed E-state index contributed by atoms with van der Waals surface area (Å²) in [6.07, 6.45) is 2.89. The minimum absolute atomic E-state index is 0.306. The minimum Gasteiger partial charge on any atom is -0.388 e. The second kappa shape index (κ2) is 5.45. The standard InChI is InChI=1S/C14H14FN5O/c1-20-8-11(17-19-20)6-13(21)12-7-16-18-14(12)9-2-4-10(15)5-3-9/h2-5,7-8,13,21H,6H2,1H3,(H,16,18). The minimum atomic E-state index is -0.763. The Hall–Kier alpha value is -2.54. The van der Waals surface area contributed by atoms with Gasteiger partial charge in [0.15, 0.2) is 0 Å². The molecule has 108 valence electrons. The number of rotatable bonds is 4. The number of aliphatic hydroxyl groups is 1. The van der Waals surface area contributed by atoms with E-state index in [0.717, 1.165) is 5.56 Å². The van der Waals surface area contributed by atoms with Gasteiger partial charge in [-0.05, 0) is 24.3 Å². The van der Waals surface area contributed by atoms with Crippen LogP contribution in [0.1, 0.15) is 17.4 Å². The van der Waals surface area contributed by atoms with Crippen LogP contribution in [0, 0.1) is 5.82 Å². The number of hydrogen-bond acceptors (Lipinski definition) is 4. The van der Waals surface area contributed by atoms with E-state index in [-0.39, 0.29) is 5.82 Å². The molecule has 6 nitrogen and oxygen atoms in total. The summed E-state index contributed by atoms with van der Waals surface area (Å²) >= 11 is 0. The van der Waals surface area contributed by atoms with Crippen molar-refractivity contribution in [1.82, 2.24) is 25.2 Å². The van der Waals surface area contributed by atoms with Crippen molar-refractivity contribution in [1.29, 1.82) is 0 Å². The van der Waals surface area contributed by atoms with Crippen molar-refractivity contribution >= 4 is 0 Å². The Labute approximate surface area is 120 Å². The first-order valence-corrected chi connectivity index (χ1v) is 6.46. The summed E-state index contributed by atoms with van der Waals surface area (Å²) in [7, 11) is 1.77. The van der Waals surface area contributed by atoms with Gasteiger partial charge in [0.25, 0.3) is 0 Å². The van der Waals surface area contributed by atoms with Crippen LogP contribution in [0.25, 0.3) is 11.3 Å². The molecular weight excluding hydrogens is 273 g/mol. The summed E-state index contributed by atoms with van der Waals surface area (Å²) in [5.41, 5.74) is 2.78. The van der Waals surface area contributed by atoms with Gasteiger partial charge in [-0.3, -0.25) is 9.78 Å². The molecule has 2 aromatic heterocycles. The van der Waals surface area contributed by atoms with E-state index in [0.29, 0.717) is 23.4 Å². The third-order valence-electron chi connectivity index (χ3n) is 3.21. The maximum Gasteiger partial charge on any atom is 0.123 e. The molecule has 21 heavy (non-hydrogen) atoms. The van der Waals surface area contributed by atoms with Gasteiger partial charge in [0.2, 0.25) is 0 Å². The Morgan fingerprint density at radius 3 is 2.76 bits per heavy atom. The van der Waals surface area contributed by atoms with E-state index in [4.69, 9.17) is 0 Å². The van der Waals surface area contributed by atoms with Crippen LogP contribution >= 0.6 is 0 Å². The van der Waals surface area contributed by atoms with Gasteiger partial charge >= 0.3 is 0 Å². The first-order chi connectivity index (χ1) is 10.1. The summed E-state index contributed by atoms with van der Waals surface area (Å²) in [4.78, 5) is 0. The van der Waals surface area contributed by atoms with Crippen LogP contribution in [-0.2, 0) is 13.5 Å². The van der Waals surface area contributed by atoms with Gasteiger partial charge in [0.1, 0.15) is 5.82 Å². The molecule has 2 N–H and O–H groups in total. The molecule has 0 radical (unpaired) electrons. The van der Waals surface area contributed by atoms with Crippen LogP contribution in [0.5, 0.6) is 0 Å². The zero-order valence-corrected chi connectivity index (χ0v) is 11.4. The van der Waals surface area contributed by atoms with Crippen LogP contribution in [0.4, 0.5) is 4.39 Å². The SMILES string of the molecule is Cn1cc(CC(O)c2cn[nH]c2-c2ccc(F)cc2)nn1. The van der Waals surface area contributed by atoms with E-state index in [2.05, 4.69) is 20.5 Å². The highest BCUT2D eigenvalue weighted by Gasteiger charge is 2.17. The third-order valence-corrected chi connectivity index (χ3v) is 3.21. The lowest BCUT2D eigenvalue weighted by atomic mass is 10.0. The van der Waals surface area contributed by atoms with Crippen molar-refractivity contribution in [3.05, 3.63) is 53.7 Å². The van der Waals surface area contributed by atoms with Crippen molar-refractivity contribution < 1.29 is 9.50 Å². The van der Waals surface area contributed by atoms with Gasteiger partial charge in [-0.15, -0.1) is 5.10 Å². The van der Waals surface area contributed by atoms with Crippen molar-refractivity contribution in [2.45, 2.75) is 12.5 Å². The highest BCUT2D eigenvalue weighted by atomic mass is 19.1. The maximum atomic E-state index is 13.0. The molecule has 0 bridgehead atoms. The highest BCUT2D eigenvalue weighted by Crippen LogP contribution is 2.27. The summed E-state index contributed by atoms with van der Waals surface area (Å²) < 4.78 is 14.6. The number of H-pyrrole nitrogens is 1. The summed E-state index contributed by atoms with van der Waals surface area (Å²) in [5.74, 6) is -0.306. The fraction of sp³-hybridized carbons (Fsp3) is 0.214. The van der Waals surface area contributed by atoms with Gasteiger partial charge < -0.3 is 5.11 Å². The average Bonchev–Trinajstić information content (AvgIpc) is 3.09. The quantitative estimate of drug-likeness (QED) is 0.764. The molecular formula is C14H14FN5O. The Balaban J connectivity index is 1.86. The highest BCUT2D eigenvalue weighted by molar-refractivity contribution is 5.63. The van der Waals surface area contributed by atoms with Crippen LogP contribution in [0.2, 0.25) is 0 Å². The molecule has 0 fully saturated rings. The number of aromatic amines is 1. The smallest absolute Gasteiger partial charge is 0.123 e. The third kappa shape index (κ3) is 2.82. The number of aromatic nitrogens is 5. The first kappa shape index (κ1) is 13.4. The monoisotopic (exact) mass is 287 g/mol. The van der Waals surface area contributed by atoms with Crippen LogP contribution in [0.15, 0.2) is 36.7 Å². The lowest BCUT2D eigenvalue weighted by Crippen LogP contribution is -2.03. The number of aryl methyl sites for hydroxylation is 1. The fourth-order valence-electron chi connectivity index (χ4n) is 2.19. The molecule has 1 unspecified atom stereocenters. The van der Waals surface area contributed by atoms with Gasteiger partial charge in [0.05, 0.1) is 23.7 Å². The lowest BCUT2D eigenvalue weighted by molar-refractivity contribution is 0.178. The van der Waals surface area contributed by atoms with Crippen LogP contribution in [0.3, 0.4) is 0 Å². The molecule has 0 amide bonds. The van der Waals surface area contributed by atoms with Crippen LogP contribution < -0.4 is 0 Å². The van der Waals surface area contributed by atoms with Gasteiger partial charge in [-0.2, -0.15) is 5.10 Å². The molecule has 1 atom stereocenters. The number of hydrogen-bond donors (Lipinski definition) is 2. The zero-order chi connectivity index (χ0) is 14.8. The Morgan fingerprint density at radius 1 is 1.33 bits per heavy atom. The number of halogens is 1. The van der Waals surface area contributed by atoms with Crippen molar-refractivity contribution in [2.75, 3.05) is 0 Å². The van der Waals surface area contributed by atoms with E-state index < -0.39 is 6.10 Å². The molecule has 3 rings (SSSR count). The number of benzene rings is 1. The number of aliphatic hydroxyl groups excluding tert-OH is 1. The molecule has 0 aliphatic carbocycles. The Kier molecular flexibility index (Phi) is 3.49. The van der Waals surface area contributed by atoms with Crippen molar-refractivity contribution in [3.8, 4) is 11.3 Å². The van der Waals surface area contributed by atoms with E-state index >= 15 is 0 Å². The number of nitrogens with zero attached hydrogens (tertiary/aromatic N) is 4. The summed E-state index contributed by atoms with van der Waals surface area (Å²) in [6.45, 7) is 0. The zero-order valence-electron chi connectivity index (χ0n) is 11.4. The van der Waals surface area contributed by atoms with Gasteiger partial charge in [0, 0.05) is 30.8 Å². The van der Waals surface area contributed by atoms with Crippen molar-refractivity contribution in [3.63, 3.8) is 0 Å². The first-order valence-electron chi connectivity index (χ1n) is 6.46. The molecule has 0 spiro atoms. The summed E-state index contributed by atoms with van der Waals surface area (Å²) in [6, 6.07) is 6.02. The Bertz CT molecular complexity index is 734. The normalized spacial score (nSPS) is 12.5. The van der Waals surface area contributed by atoms with Crippen LogP contribution in [-0.4, -0.2) is 30.3 Å². The molecule has 7 heteroatoms. The largest absolute Gasteiger partial charge is 0.388 e. The van der Waals surface area contributed by atoms with E-state index in [1.807, 2.05) is 0 Å². The molecule has 0 saturated heterocycles. The molecule has 0 saturated carbocycles. The fourth-order valence-corrected chi connectivity index (χ4v) is 2.19. The van der Waals surface area contributed by atoms with E-state index in [9.17, 15) is 9.50 Å². The van der Waals surface area contributed by atoms with Gasteiger partial charge in [-0.1, -0.05) is 5.21 Å². The van der Waals surface area contributed by atoms with Gasteiger partial charge in [-0.25, -0.2) is 4.39 Å². The topological polar surface area (TPSA) is 79.6 Å². The molecule has 3 aromatic rings.